The van der Waals surface area contributed by atoms with Crippen LogP contribution in [0, 0.1) is 17.0 Å². The van der Waals surface area contributed by atoms with E-state index in [-0.39, 0.29) is 28.1 Å². The normalized spacial score (nSPS) is 13.1. The van der Waals surface area contributed by atoms with Crippen molar-refractivity contribution in [2.45, 2.75) is 38.4 Å². The van der Waals surface area contributed by atoms with Gasteiger partial charge in [0.15, 0.2) is 11.6 Å². The number of amides is 1. The third kappa shape index (κ3) is 5.99. The fourth-order valence-corrected chi connectivity index (χ4v) is 3.01. The summed E-state index contributed by atoms with van der Waals surface area (Å²) in [5, 5.41) is 2.73. The van der Waals surface area contributed by atoms with E-state index >= 15 is 0 Å². The number of halogens is 3. The van der Waals surface area contributed by atoms with Crippen molar-refractivity contribution >= 4 is 21.8 Å². The van der Waals surface area contributed by atoms with Crippen LogP contribution >= 0.6 is 15.9 Å². The smallest absolute Gasteiger partial charge is 0.224 e. The second-order valence-electron chi connectivity index (χ2n) is 6.06. The van der Waals surface area contributed by atoms with Crippen LogP contribution in [0.15, 0.2) is 18.2 Å². The molecule has 0 saturated heterocycles. The molecule has 1 aromatic carbocycles. The van der Waals surface area contributed by atoms with Gasteiger partial charge in [-0.05, 0) is 17.9 Å². The summed E-state index contributed by atoms with van der Waals surface area (Å²) in [7, 11) is 0. The second-order valence-corrected chi connectivity index (χ2v) is 7.35. The highest BCUT2D eigenvalue weighted by Crippen LogP contribution is 2.24. The maximum Gasteiger partial charge on any atom is 0.224 e. The highest BCUT2D eigenvalue weighted by atomic mass is 79.9. The third-order valence-electron chi connectivity index (χ3n) is 2.74. The molecule has 1 aromatic rings. The first-order valence-electron chi connectivity index (χ1n) is 6.53. The Kier molecular flexibility index (Phi) is 6.11. The lowest BCUT2D eigenvalue weighted by Crippen LogP contribution is -2.32. The van der Waals surface area contributed by atoms with Crippen molar-refractivity contribution in [1.29, 1.82) is 0 Å². The molecule has 0 aliphatic heterocycles. The molecule has 1 atom stereocenters. The van der Waals surface area contributed by atoms with Crippen LogP contribution in [0.4, 0.5) is 8.78 Å². The summed E-state index contributed by atoms with van der Waals surface area (Å²) in [5.74, 6) is -2.19. The minimum Gasteiger partial charge on any atom is -0.355 e. The molecule has 5 heteroatoms. The molecular formula is C15H20BrF2NO. The Labute approximate surface area is 127 Å². The van der Waals surface area contributed by atoms with Gasteiger partial charge in [-0.2, -0.15) is 0 Å². The van der Waals surface area contributed by atoms with Crippen molar-refractivity contribution in [2.75, 3.05) is 6.54 Å². The highest BCUT2D eigenvalue weighted by Gasteiger charge is 2.17. The second kappa shape index (κ2) is 7.16. The number of benzene rings is 1. The van der Waals surface area contributed by atoms with E-state index in [9.17, 15) is 13.6 Å². The highest BCUT2D eigenvalue weighted by molar-refractivity contribution is 9.09. The predicted molar refractivity (Wildman–Crippen MR) is 79.9 cm³/mol. The number of carbonyl (C=O) groups excluding carboxylic acids is 1. The number of hydrogen-bond donors (Lipinski definition) is 1. The predicted octanol–water partition coefficient (Wildman–Crippen LogP) is 3.82. The molecule has 1 unspecified atom stereocenters. The minimum atomic E-state index is -0.951. The Bertz CT molecular complexity index is 471. The van der Waals surface area contributed by atoms with Crippen LogP contribution in [-0.4, -0.2) is 17.3 Å². The molecule has 0 bridgehead atoms. The third-order valence-corrected chi connectivity index (χ3v) is 3.38. The largest absolute Gasteiger partial charge is 0.355 e. The molecule has 2 nitrogen and oxygen atoms in total. The monoisotopic (exact) mass is 347 g/mol. The van der Waals surface area contributed by atoms with E-state index in [4.69, 9.17) is 0 Å². The molecule has 112 valence electrons. The van der Waals surface area contributed by atoms with E-state index in [1.54, 1.807) is 0 Å². The molecule has 0 heterocycles. The Morgan fingerprint density at radius 3 is 2.60 bits per heavy atom. The maximum absolute atomic E-state index is 13.4. The average molecular weight is 348 g/mol. The topological polar surface area (TPSA) is 29.1 Å². The van der Waals surface area contributed by atoms with Crippen molar-refractivity contribution in [3.8, 4) is 0 Å². The van der Waals surface area contributed by atoms with Gasteiger partial charge in [0.25, 0.3) is 0 Å². The summed E-state index contributed by atoms with van der Waals surface area (Å²) in [6.45, 7) is 6.81. The van der Waals surface area contributed by atoms with Crippen molar-refractivity contribution in [1.82, 2.24) is 5.32 Å². The van der Waals surface area contributed by atoms with Crippen LogP contribution in [0.1, 0.15) is 32.8 Å². The Balaban J connectivity index is 2.46. The fraction of sp³-hybridized carbons (Fsp3) is 0.533. The molecule has 20 heavy (non-hydrogen) atoms. The van der Waals surface area contributed by atoms with Crippen molar-refractivity contribution in [2.24, 2.45) is 5.41 Å². The standard InChI is InChI=1S/C15H20BrF2NO/c1-15(2,3)8-11(16)9-19-13(20)7-10-5-4-6-12(17)14(10)18/h4-6,11H,7-9H2,1-3H3,(H,19,20). The first kappa shape index (κ1) is 17.1. The molecular weight excluding hydrogens is 328 g/mol. The molecule has 0 aromatic heterocycles. The van der Waals surface area contributed by atoms with Gasteiger partial charge in [0.2, 0.25) is 5.91 Å². The first-order valence-corrected chi connectivity index (χ1v) is 7.44. The SMILES string of the molecule is CC(C)(C)CC(Br)CNC(=O)Cc1cccc(F)c1F. The van der Waals surface area contributed by atoms with Crippen LogP contribution in [0.3, 0.4) is 0 Å². The first-order chi connectivity index (χ1) is 9.19. The van der Waals surface area contributed by atoms with Gasteiger partial charge in [0.1, 0.15) is 0 Å². The zero-order valence-corrected chi connectivity index (χ0v) is 13.6. The molecule has 1 amide bonds. The summed E-state index contributed by atoms with van der Waals surface area (Å²) >= 11 is 3.50. The Morgan fingerprint density at radius 2 is 2.00 bits per heavy atom. The summed E-state index contributed by atoms with van der Waals surface area (Å²) in [6, 6.07) is 3.85. The van der Waals surface area contributed by atoms with E-state index in [1.807, 2.05) is 0 Å². The van der Waals surface area contributed by atoms with Gasteiger partial charge in [0, 0.05) is 16.9 Å². The van der Waals surface area contributed by atoms with Gasteiger partial charge in [-0.3, -0.25) is 4.79 Å². The minimum absolute atomic E-state index is 0.0736. The van der Waals surface area contributed by atoms with Gasteiger partial charge >= 0.3 is 0 Å². The summed E-state index contributed by atoms with van der Waals surface area (Å²) in [5.41, 5.74) is 0.234. The van der Waals surface area contributed by atoms with Crippen molar-refractivity contribution in [3.05, 3.63) is 35.4 Å². The lowest BCUT2D eigenvalue weighted by Gasteiger charge is -2.22. The lowest BCUT2D eigenvalue weighted by atomic mass is 9.90. The molecule has 0 saturated carbocycles. The summed E-state index contributed by atoms with van der Waals surface area (Å²) < 4.78 is 26.4. The molecule has 0 aliphatic rings. The van der Waals surface area contributed by atoms with Crippen molar-refractivity contribution < 1.29 is 13.6 Å². The lowest BCUT2D eigenvalue weighted by molar-refractivity contribution is -0.120. The zero-order chi connectivity index (χ0) is 15.3. The fourth-order valence-electron chi connectivity index (χ4n) is 1.88. The maximum atomic E-state index is 13.4. The Morgan fingerprint density at radius 1 is 1.35 bits per heavy atom. The quantitative estimate of drug-likeness (QED) is 0.806. The van der Waals surface area contributed by atoms with Crippen molar-refractivity contribution in [3.63, 3.8) is 0 Å². The number of nitrogens with one attached hydrogen (secondary N) is 1. The molecule has 0 aliphatic carbocycles. The van der Waals surface area contributed by atoms with Crippen LogP contribution in [0.5, 0.6) is 0 Å². The molecule has 1 rings (SSSR count). The molecule has 0 radical (unpaired) electrons. The van der Waals surface area contributed by atoms with E-state index in [1.165, 1.54) is 12.1 Å². The van der Waals surface area contributed by atoms with Crippen LogP contribution < -0.4 is 5.32 Å². The van der Waals surface area contributed by atoms with Gasteiger partial charge < -0.3 is 5.32 Å². The van der Waals surface area contributed by atoms with Gasteiger partial charge in [-0.15, -0.1) is 0 Å². The van der Waals surface area contributed by atoms with E-state index in [0.717, 1.165) is 12.5 Å². The number of hydrogen-bond acceptors (Lipinski definition) is 1. The van der Waals surface area contributed by atoms with Gasteiger partial charge in [0.05, 0.1) is 6.42 Å². The molecule has 1 N–H and O–H groups in total. The van der Waals surface area contributed by atoms with E-state index in [0.29, 0.717) is 6.54 Å². The van der Waals surface area contributed by atoms with Crippen LogP contribution in [0.25, 0.3) is 0 Å². The van der Waals surface area contributed by atoms with Crippen LogP contribution in [-0.2, 0) is 11.2 Å². The number of alkyl halides is 1. The average Bonchev–Trinajstić information content (AvgIpc) is 2.30. The number of rotatable bonds is 5. The van der Waals surface area contributed by atoms with Gasteiger partial charge in [-0.25, -0.2) is 8.78 Å². The number of carbonyl (C=O) groups is 1. The van der Waals surface area contributed by atoms with E-state index in [2.05, 4.69) is 42.0 Å². The zero-order valence-electron chi connectivity index (χ0n) is 12.0. The molecule has 0 spiro atoms. The van der Waals surface area contributed by atoms with Gasteiger partial charge in [-0.1, -0.05) is 48.8 Å². The molecule has 0 fully saturated rings. The van der Waals surface area contributed by atoms with E-state index < -0.39 is 11.6 Å². The van der Waals surface area contributed by atoms with Crippen LogP contribution in [0.2, 0.25) is 0 Å². The Hall–Kier alpha value is -0.970. The summed E-state index contributed by atoms with van der Waals surface area (Å²) in [6.07, 6.45) is 0.750. The summed E-state index contributed by atoms with van der Waals surface area (Å²) in [4.78, 5) is 11.9.